The zero-order valence-electron chi connectivity index (χ0n) is 11.3. The molecular formula is C15H16N2OS2. The summed E-state index contributed by atoms with van der Waals surface area (Å²) in [7, 11) is 0. The van der Waals surface area contributed by atoms with Gasteiger partial charge in [0.05, 0.1) is 12.7 Å². The molecule has 0 aliphatic heterocycles. The first-order valence-electron chi connectivity index (χ1n) is 6.60. The van der Waals surface area contributed by atoms with Crippen LogP contribution in [0.5, 0.6) is 0 Å². The highest BCUT2D eigenvalue weighted by atomic mass is 32.1. The Hall–Kier alpha value is -1.43. The summed E-state index contributed by atoms with van der Waals surface area (Å²) < 4.78 is 5.57. The highest BCUT2D eigenvalue weighted by Crippen LogP contribution is 2.29. The number of rotatable bonds is 6. The normalized spacial score (nSPS) is 11.1. The van der Waals surface area contributed by atoms with Crippen LogP contribution >= 0.6 is 22.7 Å². The summed E-state index contributed by atoms with van der Waals surface area (Å²) in [5, 5.41) is 7.69. The molecule has 1 N–H and O–H groups in total. The standard InChI is InChI=1S/C15H16N2OS2/c1-2-12-7-17-15(18-12)9-16-8-13-6-11(10-20-13)14-4-3-5-19-14/h3-7,10,16H,2,8-9H2,1H3. The van der Waals surface area contributed by atoms with Gasteiger partial charge in [0.25, 0.3) is 0 Å². The zero-order chi connectivity index (χ0) is 13.8. The summed E-state index contributed by atoms with van der Waals surface area (Å²) in [5.74, 6) is 1.70. The molecule has 3 aromatic heterocycles. The van der Waals surface area contributed by atoms with Gasteiger partial charge >= 0.3 is 0 Å². The van der Waals surface area contributed by atoms with Crippen LogP contribution in [-0.4, -0.2) is 4.98 Å². The lowest BCUT2D eigenvalue weighted by Crippen LogP contribution is -2.11. The van der Waals surface area contributed by atoms with Crippen molar-refractivity contribution in [2.24, 2.45) is 0 Å². The van der Waals surface area contributed by atoms with Crippen molar-refractivity contribution in [3.05, 3.63) is 51.7 Å². The van der Waals surface area contributed by atoms with Gasteiger partial charge in [0.2, 0.25) is 5.89 Å². The third-order valence-electron chi connectivity index (χ3n) is 2.98. The van der Waals surface area contributed by atoms with Crippen molar-refractivity contribution in [2.45, 2.75) is 26.4 Å². The first-order valence-corrected chi connectivity index (χ1v) is 8.36. The number of thiophene rings is 2. The van der Waals surface area contributed by atoms with Crippen LogP contribution in [0.25, 0.3) is 10.4 Å². The van der Waals surface area contributed by atoms with E-state index in [9.17, 15) is 0 Å². The van der Waals surface area contributed by atoms with Crippen LogP contribution in [0.15, 0.2) is 39.6 Å². The monoisotopic (exact) mass is 304 g/mol. The molecule has 3 heterocycles. The van der Waals surface area contributed by atoms with E-state index >= 15 is 0 Å². The Kier molecular flexibility index (Phi) is 4.30. The molecule has 3 rings (SSSR count). The second-order valence-corrected chi connectivity index (χ2v) is 6.40. The highest BCUT2D eigenvalue weighted by Gasteiger charge is 2.05. The maximum atomic E-state index is 5.57. The van der Waals surface area contributed by atoms with Crippen molar-refractivity contribution in [1.82, 2.24) is 10.3 Å². The summed E-state index contributed by atoms with van der Waals surface area (Å²) >= 11 is 3.56. The van der Waals surface area contributed by atoms with Crippen molar-refractivity contribution in [1.29, 1.82) is 0 Å². The summed E-state index contributed by atoms with van der Waals surface area (Å²) in [6, 6.07) is 6.49. The molecule has 0 radical (unpaired) electrons. The average molecular weight is 304 g/mol. The largest absolute Gasteiger partial charge is 0.444 e. The summed E-state index contributed by atoms with van der Waals surface area (Å²) in [6.45, 7) is 3.58. The Morgan fingerprint density at radius 2 is 2.25 bits per heavy atom. The fourth-order valence-electron chi connectivity index (χ4n) is 1.93. The van der Waals surface area contributed by atoms with Crippen LogP contribution in [0.4, 0.5) is 0 Å². The molecule has 0 fully saturated rings. The summed E-state index contributed by atoms with van der Waals surface area (Å²) in [5.41, 5.74) is 1.31. The molecule has 104 valence electrons. The Morgan fingerprint density at radius 1 is 1.30 bits per heavy atom. The van der Waals surface area contributed by atoms with E-state index < -0.39 is 0 Å². The molecule has 0 saturated heterocycles. The molecule has 5 heteroatoms. The molecule has 0 saturated carbocycles. The molecule has 20 heavy (non-hydrogen) atoms. The van der Waals surface area contributed by atoms with Gasteiger partial charge in [-0.2, -0.15) is 0 Å². The molecule has 0 atom stereocenters. The van der Waals surface area contributed by atoms with Crippen LogP contribution in [0.2, 0.25) is 0 Å². The minimum atomic E-state index is 0.673. The van der Waals surface area contributed by atoms with Crippen molar-refractivity contribution in [3.8, 4) is 10.4 Å². The molecule has 0 amide bonds. The SMILES string of the molecule is CCc1cnc(CNCc2cc(-c3cccs3)cs2)o1. The quantitative estimate of drug-likeness (QED) is 0.737. The van der Waals surface area contributed by atoms with Crippen LogP contribution < -0.4 is 5.32 Å². The second kappa shape index (κ2) is 6.35. The summed E-state index contributed by atoms with van der Waals surface area (Å²) in [6.07, 6.45) is 2.69. The lowest BCUT2D eigenvalue weighted by atomic mass is 10.2. The Morgan fingerprint density at radius 3 is 3.00 bits per heavy atom. The van der Waals surface area contributed by atoms with Crippen LogP contribution in [-0.2, 0) is 19.5 Å². The number of hydrogen-bond donors (Lipinski definition) is 1. The van der Waals surface area contributed by atoms with Gasteiger partial charge in [0, 0.05) is 28.3 Å². The first kappa shape index (κ1) is 13.5. The first-order chi connectivity index (χ1) is 9.85. The van der Waals surface area contributed by atoms with Crippen molar-refractivity contribution in [2.75, 3.05) is 0 Å². The Balaban J connectivity index is 1.54. The fourth-order valence-corrected chi connectivity index (χ4v) is 3.57. The number of aromatic nitrogens is 1. The molecule has 0 aliphatic rings. The van der Waals surface area contributed by atoms with E-state index in [4.69, 9.17) is 4.42 Å². The number of aryl methyl sites for hydroxylation is 1. The van der Waals surface area contributed by atoms with Gasteiger partial charge in [-0.3, -0.25) is 0 Å². The van der Waals surface area contributed by atoms with Crippen molar-refractivity contribution < 1.29 is 4.42 Å². The molecule has 0 aliphatic carbocycles. The molecule has 0 spiro atoms. The van der Waals surface area contributed by atoms with E-state index in [2.05, 4.69) is 46.2 Å². The van der Waals surface area contributed by atoms with E-state index in [1.165, 1.54) is 15.3 Å². The minimum Gasteiger partial charge on any atom is -0.444 e. The summed E-state index contributed by atoms with van der Waals surface area (Å²) in [4.78, 5) is 6.90. The molecule has 0 unspecified atom stereocenters. The topological polar surface area (TPSA) is 38.1 Å². The smallest absolute Gasteiger partial charge is 0.208 e. The van der Waals surface area contributed by atoms with Gasteiger partial charge in [-0.25, -0.2) is 4.98 Å². The average Bonchev–Trinajstić information content (AvgIpc) is 3.20. The van der Waals surface area contributed by atoms with Gasteiger partial charge < -0.3 is 9.73 Å². The lowest BCUT2D eigenvalue weighted by Gasteiger charge is -1.99. The van der Waals surface area contributed by atoms with Gasteiger partial charge in [-0.1, -0.05) is 13.0 Å². The van der Waals surface area contributed by atoms with Crippen LogP contribution in [0.3, 0.4) is 0 Å². The maximum Gasteiger partial charge on any atom is 0.208 e. The van der Waals surface area contributed by atoms with Gasteiger partial charge in [-0.05, 0) is 22.9 Å². The maximum absolute atomic E-state index is 5.57. The van der Waals surface area contributed by atoms with E-state index in [0.29, 0.717) is 6.54 Å². The number of nitrogens with one attached hydrogen (secondary N) is 1. The predicted octanol–water partition coefficient (Wildman–Crippen LogP) is 4.32. The van der Waals surface area contributed by atoms with Gasteiger partial charge in [0.15, 0.2) is 0 Å². The number of nitrogens with zero attached hydrogens (tertiary/aromatic N) is 1. The minimum absolute atomic E-state index is 0.673. The lowest BCUT2D eigenvalue weighted by molar-refractivity contribution is 0.439. The fraction of sp³-hybridized carbons (Fsp3) is 0.267. The molecule has 3 nitrogen and oxygen atoms in total. The van der Waals surface area contributed by atoms with Gasteiger partial charge in [0.1, 0.15) is 5.76 Å². The third-order valence-corrected chi connectivity index (χ3v) is 4.84. The van der Waals surface area contributed by atoms with E-state index in [0.717, 1.165) is 24.6 Å². The predicted molar refractivity (Wildman–Crippen MR) is 84.1 cm³/mol. The van der Waals surface area contributed by atoms with E-state index in [-0.39, 0.29) is 0 Å². The Bertz CT molecular complexity index is 655. The van der Waals surface area contributed by atoms with Crippen molar-refractivity contribution >= 4 is 22.7 Å². The molecule has 0 bridgehead atoms. The van der Waals surface area contributed by atoms with Crippen LogP contribution in [0, 0.1) is 0 Å². The van der Waals surface area contributed by atoms with Crippen molar-refractivity contribution in [3.63, 3.8) is 0 Å². The molecule has 3 aromatic rings. The highest BCUT2D eigenvalue weighted by molar-refractivity contribution is 7.14. The van der Waals surface area contributed by atoms with E-state index in [1.807, 2.05) is 0 Å². The molecular weight excluding hydrogens is 288 g/mol. The zero-order valence-corrected chi connectivity index (χ0v) is 12.9. The second-order valence-electron chi connectivity index (χ2n) is 4.46. The molecule has 0 aromatic carbocycles. The number of oxazole rings is 1. The van der Waals surface area contributed by atoms with Crippen LogP contribution in [0.1, 0.15) is 23.5 Å². The van der Waals surface area contributed by atoms with E-state index in [1.54, 1.807) is 28.9 Å². The Labute approximate surface area is 126 Å². The third kappa shape index (κ3) is 3.17. The van der Waals surface area contributed by atoms with Gasteiger partial charge in [-0.15, -0.1) is 22.7 Å². The number of hydrogen-bond acceptors (Lipinski definition) is 5.